The number of rotatable bonds is 5. The lowest BCUT2D eigenvalue weighted by Gasteiger charge is -2.06. The molecule has 2 aromatic rings. The third-order valence-electron chi connectivity index (χ3n) is 3.03. The van der Waals surface area contributed by atoms with Crippen molar-refractivity contribution in [2.24, 2.45) is 5.16 Å². The molecule has 0 heterocycles. The SMILES string of the molecule is COc1ccc(C(=O)C(=NO)c2ccc(OC)cc2)cc1. The molecule has 0 aliphatic carbocycles. The van der Waals surface area contributed by atoms with Gasteiger partial charge in [-0.15, -0.1) is 0 Å². The summed E-state index contributed by atoms with van der Waals surface area (Å²) in [6, 6.07) is 13.3. The van der Waals surface area contributed by atoms with Crippen LogP contribution in [0.2, 0.25) is 0 Å². The summed E-state index contributed by atoms with van der Waals surface area (Å²) in [6.45, 7) is 0. The van der Waals surface area contributed by atoms with E-state index in [-0.39, 0.29) is 11.5 Å². The lowest BCUT2D eigenvalue weighted by atomic mass is 10.0. The maximum Gasteiger partial charge on any atom is 0.215 e. The van der Waals surface area contributed by atoms with E-state index in [9.17, 15) is 4.79 Å². The van der Waals surface area contributed by atoms with E-state index in [1.807, 2.05) is 0 Å². The van der Waals surface area contributed by atoms with E-state index < -0.39 is 0 Å². The Morgan fingerprint density at radius 3 is 1.67 bits per heavy atom. The first-order chi connectivity index (χ1) is 10.2. The summed E-state index contributed by atoms with van der Waals surface area (Å²) in [6.07, 6.45) is 0. The molecule has 0 aliphatic heterocycles. The zero-order valence-corrected chi connectivity index (χ0v) is 11.7. The predicted octanol–water partition coefficient (Wildman–Crippen LogP) is 2.77. The van der Waals surface area contributed by atoms with Gasteiger partial charge in [0.05, 0.1) is 14.2 Å². The molecule has 0 amide bonds. The quantitative estimate of drug-likeness (QED) is 0.397. The predicted molar refractivity (Wildman–Crippen MR) is 78.6 cm³/mol. The molecule has 21 heavy (non-hydrogen) atoms. The second-order valence-corrected chi connectivity index (χ2v) is 4.23. The Kier molecular flexibility index (Phi) is 4.56. The van der Waals surface area contributed by atoms with Gasteiger partial charge in [-0.05, 0) is 48.5 Å². The van der Waals surface area contributed by atoms with Crippen LogP contribution in [0.1, 0.15) is 15.9 Å². The van der Waals surface area contributed by atoms with Gasteiger partial charge >= 0.3 is 0 Å². The fourth-order valence-corrected chi connectivity index (χ4v) is 1.86. The fourth-order valence-electron chi connectivity index (χ4n) is 1.86. The minimum absolute atomic E-state index is 0.0252. The Morgan fingerprint density at radius 1 is 0.857 bits per heavy atom. The molecule has 108 valence electrons. The van der Waals surface area contributed by atoms with Crippen LogP contribution in [0.15, 0.2) is 53.7 Å². The first-order valence-corrected chi connectivity index (χ1v) is 6.25. The van der Waals surface area contributed by atoms with Crippen molar-refractivity contribution in [3.05, 3.63) is 59.7 Å². The maximum absolute atomic E-state index is 12.4. The van der Waals surface area contributed by atoms with E-state index in [0.29, 0.717) is 22.6 Å². The number of methoxy groups -OCH3 is 2. The fraction of sp³-hybridized carbons (Fsp3) is 0.125. The van der Waals surface area contributed by atoms with Crippen molar-refractivity contribution >= 4 is 11.5 Å². The van der Waals surface area contributed by atoms with Crippen LogP contribution in [-0.4, -0.2) is 30.9 Å². The summed E-state index contributed by atoms with van der Waals surface area (Å²) >= 11 is 0. The highest BCUT2D eigenvalue weighted by Gasteiger charge is 2.17. The largest absolute Gasteiger partial charge is 0.497 e. The van der Waals surface area contributed by atoms with Crippen LogP contribution in [0.3, 0.4) is 0 Å². The van der Waals surface area contributed by atoms with Gasteiger partial charge in [-0.2, -0.15) is 0 Å². The molecule has 0 fully saturated rings. The van der Waals surface area contributed by atoms with Gasteiger partial charge in [0.25, 0.3) is 0 Å². The number of hydrogen-bond donors (Lipinski definition) is 1. The van der Waals surface area contributed by atoms with Gasteiger partial charge in [-0.1, -0.05) is 5.16 Å². The molecule has 0 saturated heterocycles. The van der Waals surface area contributed by atoms with Crippen molar-refractivity contribution in [2.45, 2.75) is 0 Å². The zero-order valence-electron chi connectivity index (χ0n) is 11.7. The van der Waals surface area contributed by atoms with Crippen LogP contribution in [0, 0.1) is 0 Å². The van der Waals surface area contributed by atoms with E-state index >= 15 is 0 Å². The minimum atomic E-state index is -0.370. The van der Waals surface area contributed by atoms with Gasteiger partial charge in [0, 0.05) is 11.1 Å². The Balaban J connectivity index is 2.29. The number of Topliss-reactive ketones (excluding diaryl/α,β-unsaturated/α-hetero) is 1. The minimum Gasteiger partial charge on any atom is -0.497 e. The molecule has 0 unspecified atom stereocenters. The number of benzene rings is 2. The van der Waals surface area contributed by atoms with Crippen molar-refractivity contribution in [2.75, 3.05) is 14.2 Å². The molecule has 0 spiro atoms. The van der Waals surface area contributed by atoms with Gasteiger partial charge in [0.15, 0.2) is 5.71 Å². The van der Waals surface area contributed by atoms with E-state index in [2.05, 4.69) is 5.16 Å². The zero-order chi connectivity index (χ0) is 15.2. The van der Waals surface area contributed by atoms with Crippen molar-refractivity contribution in [1.82, 2.24) is 0 Å². The summed E-state index contributed by atoms with van der Waals surface area (Å²) in [4.78, 5) is 12.4. The van der Waals surface area contributed by atoms with Gasteiger partial charge in [0.1, 0.15) is 11.5 Å². The Labute approximate surface area is 122 Å². The van der Waals surface area contributed by atoms with Gasteiger partial charge in [0.2, 0.25) is 5.78 Å². The van der Waals surface area contributed by atoms with Gasteiger partial charge in [-0.25, -0.2) is 0 Å². The lowest BCUT2D eigenvalue weighted by Crippen LogP contribution is -2.15. The number of carbonyl (C=O) groups excluding carboxylic acids is 1. The van der Waals surface area contributed by atoms with Gasteiger partial charge < -0.3 is 14.7 Å². The second-order valence-electron chi connectivity index (χ2n) is 4.23. The van der Waals surface area contributed by atoms with Crippen LogP contribution in [0.4, 0.5) is 0 Å². The third kappa shape index (κ3) is 3.20. The molecule has 0 saturated carbocycles. The van der Waals surface area contributed by atoms with E-state index in [1.165, 1.54) is 0 Å². The lowest BCUT2D eigenvalue weighted by molar-refractivity contribution is 0.106. The van der Waals surface area contributed by atoms with Gasteiger partial charge in [-0.3, -0.25) is 4.79 Å². The standard InChI is InChI=1S/C16H15NO4/c1-20-13-7-3-11(4-8-13)15(17-19)16(18)12-5-9-14(21-2)10-6-12/h3-10,19H,1-2H3. The highest BCUT2D eigenvalue weighted by Crippen LogP contribution is 2.16. The summed E-state index contributed by atoms with van der Waals surface area (Å²) in [5.41, 5.74) is 0.904. The van der Waals surface area contributed by atoms with Crippen LogP contribution in [0.25, 0.3) is 0 Å². The molecule has 2 rings (SSSR count). The molecular formula is C16H15NO4. The highest BCUT2D eigenvalue weighted by atomic mass is 16.5. The van der Waals surface area contributed by atoms with Crippen molar-refractivity contribution in [3.63, 3.8) is 0 Å². The molecule has 5 nitrogen and oxygen atoms in total. The first kappa shape index (κ1) is 14.6. The van der Waals surface area contributed by atoms with E-state index in [4.69, 9.17) is 14.7 Å². The summed E-state index contributed by atoms with van der Waals surface area (Å²) in [7, 11) is 3.10. The van der Waals surface area contributed by atoms with E-state index in [0.717, 1.165) is 0 Å². The average Bonchev–Trinajstić information content (AvgIpc) is 2.56. The molecule has 0 bridgehead atoms. The number of oxime groups is 1. The van der Waals surface area contributed by atoms with Crippen LogP contribution < -0.4 is 9.47 Å². The second kappa shape index (κ2) is 6.56. The topological polar surface area (TPSA) is 68.1 Å². The van der Waals surface area contributed by atoms with Crippen LogP contribution >= 0.6 is 0 Å². The summed E-state index contributed by atoms with van der Waals surface area (Å²) < 4.78 is 10.1. The molecule has 0 radical (unpaired) electrons. The molecule has 5 heteroatoms. The smallest absolute Gasteiger partial charge is 0.215 e. The normalized spacial score (nSPS) is 11.0. The number of ketones is 1. The van der Waals surface area contributed by atoms with Crippen LogP contribution in [-0.2, 0) is 0 Å². The maximum atomic E-state index is 12.4. The molecule has 0 aliphatic rings. The monoisotopic (exact) mass is 285 g/mol. The van der Waals surface area contributed by atoms with Crippen LogP contribution in [0.5, 0.6) is 11.5 Å². The van der Waals surface area contributed by atoms with E-state index in [1.54, 1.807) is 62.8 Å². The average molecular weight is 285 g/mol. The Bertz CT molecular complexity index is 645. The number of hydrogen-bond acceptors (Lipinski definition) is 5. The number of nitrogens with zero attached hydrogens (tertiary/aromatic N) is 1. The summed E-state index contributed by atoms with van der Waals surface area (Å²) in [5, 5.41) is 12.3. The first-order valence-electron chi connectivity index (χ1n) is 6.25. The molecule has 2 aromatic carbocycles. The molecular weight excluding hydrogens is 270 g/mol. The summed E-state index contributed by atoms with van der Waals surface area (Å²) in [5.74, 6) is 0.941. The number of ether oxygens (including phenoxy) is 2. The van der Waals surface area contributed by atoms with Crippen molar-refractivity contribution in [1.29, 1.82) is 0 Å². The highest BCUT2D eigenvalue weighted by molar-refractivity contribution is 6.51. The Morgan fingerprint density at radius 2 is 1.29 bits per heavy atom. The third-order valence-corrected chi connectivity index (χ3v) is 3.03. The van der Waals surface area contributed by atoms with Crippen molar-refractivity contribution < 1.29 is 19.5 Å². The number of carbonyl (C=O) groups is 1. The molecule has 0 atom stereocenters. The molecule has 0 aromatic heterocycles. The Hall–Kier alpha value is -2.82. The van der Waals surface area contributed by atoms with Crippen molar-refractivity contribution in [3.8, 4) is 11.5 Å². The molecule has 1 N–H and O–H groups in total.